The van der Waals surface area contributed by atoms with Gasteiger partial charge in [-0.3, -0.25) is 4.79 Å². The fraction of sp³-hybridized carbons (Fsp3) is 0.656. The number of ketones is 1. The second kappa shape index (κ2) is 7.93. The Balaban J connectivity index is 1.46. The van der Waals surface area contributed by atoms with E-state index in [2.05, 4.69) is 65.1 Å². The first kappa shape index (κ1) is 24.7. The molecule has 36 heavy (non-hydrogen) atoms. The molecule has 194 valence electrons. The maximum Gasteiger partial charge on any atom is 0.192 e. The van der Waals surface area contributed by atoms with Crippen LogP contribution in [-0.4, -0.2) is 26.8 Å². The molecule has 0 aromatic heterocycles. The van der Waals surface area contributed by atoms with Gasteiger partial charge in [-0.25, -0.2) is 0 Å². The quantitative estimate of drug-likeness (QED) is 0.390. The summed E-state index contributed by atoms with van der Waals surface area (Å²) in [5.74, 6) is 3.65. The highest BCUT2D eigenvalue weighted by Crippen LogP contribution is 2.78. The third-order valence-corrected chi connectivity index (χ3v) is 15.9. The number of carbonyl (C=O) groups is 1. The van der Waals surface area contributed by atoms with Gasteiger partial charge in [0.1, 0.15) is 5.75 Å². The van der Waals surface area contributed by atoms with Crippen molar-refractivity contribution < 1.29 is 14.0 Å². The number of hydrogen-bond acceptors (Lipinski definition) is 3. The van der Waals surface area contributed by atoms with E-state index in [-0.39, 0.29) is 16.1 Å². The molecule has 4 heteroatoms. The Morgan fingerprint density at radius 2 is 1.75 bits per heavy atom. The Kier molecular flexibility index (Phi) is 5.43. The summed E-state index contributed by atoms with van der Waals surface area (Å²) in [6, 6.07) is 8.85. The monoisotopic (exact) mass is 504 g/mol. The lowest BCUT2D eigenvalue weighted by Crippen LogP contribution is -2.54. The molecule has 1 aromatic rings. The molecule has 0 radical (unpaired) electrons. The van der Waals surface area contributed by atoms with E-state index in [1.54, 1.807) is 12.7 Å². The van der Waals surface area contributed by atoms with Crippen molar-refractivity contribution in [2.75, 3.05) is 7.11 Å². The molecule has 0 spiro atoms. The van der Waals surface area contributed by atoms with Crippen molar-refractivity contribution in [2.45, 2.75) is 102 Å². The lowest BCUT2D eigenvalue weighted by atomic mass is 9.51. The van der Waals surface area contributed by atoms with Gasteiger partial charge < -0.3 is 9.16 Å². The average molecular weight is 505 g/mol. The smallest absolute Gasteiger partial charge is 0.192 e. The average Bonchev–Trinajstić information content (AvgIpc) is 3.46. The van der Waals surface area contributed by atoms with Crippen LogP contribution in [0.2, 0.25) is 18.1 Å². The Morgan fingerprint density at radius 3 is 2.42 bits per heavy atom. The van der Waals surface area contributed by atoms with Gasteiger partial charge >= 0.3 is 0 Å². The van der Waals surface area contributed by atoms with Crippen LogP contribution < -0.4 is 4.74 Å². The molecule has 5 aliphatic carbocycles. The van der Waals surface area contributed by atoms with Crippen LogP contribution in [0.4, 0.5) is 0 Å². The number of benzene rings is 1. The Morgan fingerprint density at radius 1 is 1.03 bits per heavy atom. The van der Waals surface area contributed by atoms with Crippen molar-refractivity contribution in [1.29, 1.82) is 0 Å². The van der Waals surface area contributed by atoms with Crippen LogP contribution in [0.25, 0.3) is 0 Å². The van der Waals surface area contributed by atoms with Crippen molar-refractivity contribution in [3.05, 3.63) is 52.6 Å². The molecular weight excluding hydrogens is 460 g/mol. The van der Waals surface area contributed by atoms with E-state index in [1.165, 1.54) is 36.0 Å². The van der Waals surface area contributed by atoms with Gasteiger partial charge in [0.15, 0.2) is 14.1 Å². The molecule has 0 amide bonds. The largest absolute Gasteiger partial charge is 0.497 e. The summed E-state index contributed by atoms with van der Waals surface area (Å²) >= 11 is 0. The van der Waals surface area contributed by atoms with Gasteiger partial charge in [-0.05, 0) is 115 Å². The second-order valence-corrected chi connectivity index (χ2v) is 18.9. The number of hydrogen-bond donors (Lipinski definition) is 0. The van der Waals surface area contributed by atoms with Crippen molar-refractivity contribution in [3.8, 4) is 5.75 Å². The van der Waals surface area contributed by atoms with Gasteiger partial charge in [0.05, 0.1) is 12.7 Å². The molecule has 0 unspecified atom stereocenters. The number of ether oxygens (including phenoxy) is 1. The molecule has 0 heterocycles. The molecule has 3 saturated carbocycles. The minimum atomic E-state index is -1.89. The van der Waals surface area contributed by atoms with Crippen LogP contribution in [-0.2, 0) is 9.22 Å². The molecule has 0 bridgehead atoms. The maximum absolute atomic E-state index is 12.3. The predicted molar refractivity (Wildman–Crippen MR) is 148 cm³/mol. The predicted octanol–water partition coefficient (Wildman–Crippen LogP) is 7.99. The second-order valence-electron chi connectivity index (χ2n) is 14.2. The standard InChI is InChI=1S/C32H44O3Si/c1-30(2,3)36(6,7)35-32-18-22(32)17-28-26-14-10-21-16-23(33)11-15-25(21)29(26)27(19-31(28,32)4)20-8-12-24(34-5)13-9-20/h8-9,12-13,16,22,26-28H,10-11,14-15,17-19H2,1-7H3/t22-,26-,27+,28-,31-,32-/m0/s1. The van der Waals surface area contributed by atoms with Crippen molar-refractivity contribution in [1.82, 2.24) is 0 Å². The molecule has 0 saturated heterocycles. The lowest BCUT2D eigenvalue weighted by Gasteiger charge is -2.55. The van der Waals surface area contributed by atoms with Gasteiger partial charge in [-0.2, -0.15) is 0 Å². The third-order valence-electron chi connectivity index (χ3n) is 11.4. The third kappa shape index (κ3) is 3.42. The maximum atomic E-state index is 12.3. The van der Waals surface area contributed by atoms with E-state index >= 15 is 0 Å². The van der Waals surface area contributed by atoms with Gasteiger partial charge in [-0.15, -0.1) is 0 Å². The summed E-state index contributed by atoms with van der Waals surface area (Å²) < 4.78 is 13.0. The van der Waals surface area contributed by atoms with E-state index in [0.717, 1.165) is 25.0 Å². The number of allylic oxidation sites excluding steroid dienone is 4. The van der Waals surface area contributed by atoms with E-state index in [9.17, 15) is 4.79 Å². The van der Waals surface area contributed by atoms with Gasteiger partial charge in [-0.1, -0.05) is 45.4 Å². The van der Waals surface area contributed by atoms with Gasteiger partial charge in [0.25, 0.3) is 0 Å². The minimum Gasteiger partial charge on any atom is -0.497 e. The van der Waals surface area contributed by atoms with Crippen molar-refractivity contribution >= 4 is 14.1 Å². The molecule has 1 aromatic carbocycles. The highest BCUT2D eigenvalue weighted by Gasteiger charge is 2.77. The molecule has 0 N–H and O–H groups in total. The first-order chi connectivity index (χ1) is 16.9. The van der Waals surface area contributed by atoms with Crippen LogP contribution in [0.15, 0.2) is 47.1 Å². The highest BCUT2D eigenvalue weighted by molar-refractivity contribution is 6.74. The molecule has 6 atom stereocenters. The molecule has 5 aliphatic rings. The van der Waals surface area contributed by atoms with E-state index in [0.29, 0.717) is 35.9 Å². The van der Waals surface area contributed by atoms with E-state index < -0.39 is 8.32 Å². The number of fused-ring (bicyclic) bond motifs is 6. The number of carbonyl (C=O) groups excluding carboxylic acids is 1. The highest BCUT2D eigenvalue weighted by atomic mass is 28.4. The lowest BCUT2D eigenvalue weighted by molar-refractivity contribution is -0.114. The topological polar surface area (TPSA) is 35.5 Å². The van der Waals surface area contributed by atoms with Crippen molar-refractivity contribution in [2.24, 2.45) is 23.2 Å². The van der Waals surface area contributed by atoms with Crippen LogP contribution in [0.5, 0.6) is 5.75 Å². The minimum absolute atomic E-state index is 0.0558. The normalized spacial score (nSPS) is 37.5. The fourth-order valence-electron chi connectivity index (χ4n) is 8.50. The summed E-state index contributed by atoms with van der Waals surface area (Å²) in [7, 11) is -0.149. The van der Waals surface area contributed by atoms with Gasteiger partial charge in [0.2, 0.25) is 0 Å². The zero-order valence-corrected chi connectivity index (χ0v) is 24.4. The molecule has 3 fully saturated rings. The fourth-order valence-corrected chi connectivity index (χ4v) is 10.2. The first-order valence-corrected chi connectivity index (χ1v) is 17.1. The summed E-state index contributed by atoms with van der Waals surface area (Å²) in [6.45, 7) is 14.6. The zero-order chi connectivity index (χ0) is 25.7. The van der Waals surface area contributed by atoms with Gasteiger partial charge in [0, 0.05) is 12.3 Å². The molecular formula is C32H44O3Si. The first-order valence-electron chi connectivity index (χ1n) is 14.2. The molecule has 6 rings (SSSR count). The van der Waals surface area contributed by atoms with E-state index in [1.807, 2.05) is 6.08 Å². The Hall–Kier alpha value is -1.65. The summed E-state index contributed by atoms with van der Waals surface area (Å²) in [4.78, 5) is 12.3. The SMILES string of the molecule is COc1ccc([C@H]2C[C@@]3(C)[C@@H](C[C@H]4C[C@]43O[Si](C)(C)C(C)(C)C)[C@@H]3CCC4=CC(=O)CCC4=C32)cc1. The Bertz CT molecular complexity index is 1150. The summed E-state index contributed by atoms with van der Waals surface area (Å²) in [6.07, 6.45) is 9.57. The number of rotatable bonds is 4. The zero-order valence-electron chi connectivity index (χ0n) is 23.4. The summed E-state index contributed by atoms with van der Waals surface area (Å²) in [5, 5.41) is 0.222. The number of methoxy groups -OCH3 is 1. The Labute approximate surface area is 218 Å². The van der Waals surface area contributed by atoms with E-state index in [4.69, 9.17) is 9.16 Å². The van der Waals surface area contributed by atoms with Crippen LogP contribution >= 0.6 is 0 Å². The molecule has 3 nitrogen and oxygen atoms in total. The van der Waals surface area contributed by atoms with Crippen molar-refractivity contribution in [3.63, 3.8) is 0 Å². The van der Waals surface area contributed by atoms with Crippen LogP contribution in [0.3, 0.4) is 0 Å². The summed E-state index contributed by atoms with van der Waals surface area (Å²) in [5.41, 5.74) is 6.21. The van der Waals surface area contributed by atoms with Crippen LogP contribution in [0.1, 0.15) is 84.1 Å². The molecule has 0 aliphatic heterocycles. The van der Waals surface area contributed by atoms with Crippen LogP contribution in [0, 0.1) is 23.2 Å².